The van der Waals surface area contributed by atoms with Crippen molar-refractivity contribution in [3.63, 3.8) is 0 Å². The molecule has 3 N–H and O–H groups in total. The average molecular weight is 947 g/mol. The summed E-state index contributed by atoms with van der Waals surface area (Å²) in [6, 6.07) is 27.1. The molecule has 0 spiro atoms. The Morgan fingerprint density at radius 2 is 1.41 bits per heavy atom. The number of allylic oxidation sites excluding steroid dienone is 2. The number of ether oxygens (including phenoxy) is 1. The van der Waals surface area contributed by atoms with Crippen LogP contribution in [-0.4, -0.2) is 61.3 Å². The molecule has 6 aromatic rings. The van der Waals surface area contributed by atoms with E-state index < -0.39 is 11.6 Å². The van der Waals surface area contributed by atoms with Crippen LogP contribution in [0.3, 0.4) is 0 Å². The van der Waals surface area contributed by atoms with Gasteiger partial charge in [-0.25, -0.2) is 18.7 Å². The minimum absolute atomic E-state index is 0.108. The summed E-state index contributed by atoms with van der Waals surface area (Å²) in [4.78, 5) is 23.1. The van der Waals surface area contributed by atoms with E-state index in [1.165, 1.54) is 30.4 Å². The predicted octanol–water partition coefficient (Wildman–Crippen LogP) is 14.3. The van der Waals surface area contributed by atoms with Gasteiger partial charge in [-0.3, -0.25) is 4.90 Å². The van der Waals surface area contributed by atoms with Crippen LogP contribution in [0.1, 0.15) is 193 Å². The monoisotopic (exact) mass is 947 g/mol. The fraction of sp³-hybridized carbons (Fsp3) is 0.533. The number of aromatic nitrogens is 4. The molecule has 4 aromatic carbocycles. The van der Waals surface area contributed by atoms with Gasteiger partial charge < -0.3 is 24.7 Å². The van der Waals surface area contributed by atoms with Crippen LogP contribution in [0.25, 0.3) is 22.1 Å². The zero-order valence-electron chi connectivity index (χ0n) is 41.3. The molecule has 3 aliphatic carbocycles. The van der Waals surface area contributed by atoms with Gasteiger partial charge in [0.15, 0.2) is 0 Å². The van der Waals surface area contributed by atoms with Crippen LogP contribution in [0.15, 0.2) is 90.5 Å². The summed E-state index contributed by atoms with van der Waals surface area (Å²) in [6.45, 7) is 6.66. The SMILES string of the molecule is C/C=C(\C1CCC[C@H]1c1nc2ccc([C@H]3CC[C@H](c4ccc5nc([C@@H]6CCCN6C6([C@@H]7CCCO7)CC6)[nH]c5c4)N3c3cc(F)c(C4CCC(c5ccccc5)CC4)c(F)c3)cc2[nH]1)[C@@H](C)CCCO. The maximum Gasteiger partial charge on any atom is 0.131 e. The standard InChI is InChI=1S/C60H72F2N6O2/c1-3-44(37(2)11-9-31-69)45-14-7-15-46(45)58-63-49-24-22-41(33-51(49)65-58)53-26-27-54(68(53)43-35-47(61)57(48(62)36-43)40-20-18-39(19-21-40)38-12-5-4-6-13-38)42-23-25-50-52(34-42)66-59(64-50)55-16-8-30-67(55)60(28-29-60)56-17-10-32-70-56/h3-6,12-13,22-25,33-37,39-40,45-46,53-56,69H,7-11,14-21,26-32H2,1-2H3,(H,63,65)(H,64,66)/b44-3-/t37-,39?,40?,45?,46+,53+,54+,55-,56-/m0/s1. The fourth-order valence-electron chi connectivity index (χ4n) is 14.8. The molecular formula is C60H72F2N6O2. The lowest BCUT2D eigenvalue weighted by Gasteiger charge is -2.36. The van der Waals surface area contributed by atoms with Crippen molar-refractivity contribution in [2.75, 3.05) is 24.7 Å². The molecule has 3 saturated heterocycles. The summed E-state index contributed by atoms with van der Waals surface area (Å²) in [5.41, 5.74) is 9.99. The fourth-order valence-corrected chi connectivity index (χ4v) is 14.8. The summed E-state index contributed by atoms with van der Waals surface area (Å²) in [5.74, 6) is 2.68. The Morgan fingerprint density at radius 3 is 2.06 bits per heavy atom. The van der Waals surface area contributed by atoms with Crippen molar-refractivity contribution in [2.45, 2.75) is 171 Å². The maximum absolute atomic E-state index is 16.9. The number of H-pyrrole nitrogens is 2. The molecule has 70 heavy (non-hydrogen) atoms. The third kappa shape index (κ3) is 8.41. The van der Waals surface area contributed by atoms with Gasteiger partial charge in [0.25, 0.3) is 0 Å². The number of halogens is 2. The Hall–Kier alpha value is -4.90. The molecule has 368 valence electrons. The Bertz CT molecular complexity index is 2810. The molecule has 0 amide bonds. The van der Waals surface area contributed by atoms with Crippen LogP contribution < -0.4 is 4.90 Å². The second-order valence-electron chi connectivity index (χ2n) is 22.3. The first-order chi connectivity index (χ1) is 34.3. The van der Waals surface area contributed by atoms with Gasteiger partial charge in [0, 0.05) is 35.9 Å². The summed E-state index contributed by atoms with van der Waals surface area (Å²) >= 11 is 0. The van der Waals surface area contributed by atoms with Crippen molar-refractivity contribution in [3.8, 4) is 0 Å². The van der Waals surface area contributed by atoms with E-state index >= 15 is 8.78 Å². The first kappa shape index (κ1) is 46.2. The molecule has 1 unspecified atom stereocenters. The van der Waals surface area contributed by atoms with Crippen molar-refractivity contribution < 1.29 is 18.6 Å². The van der Waals surface area contributed by atoms with E-state index in [1.54, 1.807) is 12.1 Å². The van der Waals surface area contributed by atoms with E-state index in [2.05, 4.69) is 100 Å². The Balaban J connectivity index is 0.862. The van der Waals surface area contributed by atoms with Crippen LogP contribution in [0, 0.1) is 23.5 Å². The molecule has 0 bridgehead atoms. The predicted molar refractivity (Wildman–Crippen MR) is 275 cm³/mol. The summed E-state index contributed by atoms with van der Waals surface area (Å²) < 4.78 is 40.0. The lowest BCUT2D eigenvalue weighted by atomic mass is 9.76. The smallest absolute Gasteiger partial charge is 0.131 e. The number of rotatable bonds is 14. The lowest BCUT2D eigenvalue weighted by molar-refractivity contribution is 0.00180. The minimum Gasteiger partial charge on any atom is -0.396 e. The van der Waals surface area contributed by atoms with E-state index in [9.17, 15) is 5.11 Å². The normalized spacial score (nSPS) is 28.7. The number of nitrogens with zero attached hydrogens (tertiary/aromatic N) is 4. The van der Waals surface area contributed by atoms with Crippen LogP contribution in [0.4, 0.5) is 14.5 Å². The number of aromatic amines is 2. The lowest BCUT2D eigenvalue weighted by Crippen LogP contribution is -2.45. The van der Waals surface area contributed by atoms with Crippen molar-refractivity contribution >= 4 is 27.8 Å². The summed E-state index contributed by atoms with van der Waals surface area (Å²) in [5, 5.41) is 9.57. The highest BCUT2D eigenvalue weighted by Crippen LogP contribution is 2.55. The molecule has 0 radical (unpaired) electrons. The molecule has 6 aliphatic rings. The van der Waals surface area contributed by atoms with Crippen LogP contribution in [0.5, 0.6) is 0 Å². The summed E-state index contributed by atoms with van der Waals surface area (Å²) in [6.07, 6.45) is 19.9. The molecule has 12 rings (SSSR count). The van der Waals surface area contributed by atoms with Gasteiger partial charge in [-0.05, 0) is 193 Å². The Kier molecular flexibility index (Phi) is 12.7. The first-order valence-corrected chi connectivity index (χ1v) is 27.3. The topological polar surface area (TPSA) is 93.3 Å². The number of aliphatic hydroxyl groups is 1. The van der Waals surface area contributed by atoms with Crippen LogP contribution in [-0.2, 0) is 4.74 Å². The quantitative estimate of drug-likeness (QED) is 0.0942. The molecule has 8 nitrogen and oxygen atoms in total. The molecule has 7 atom stereocenters. The van der Waals surface area contributed by atoms with E-state index in [0.29, 0.717) is 35.5 Å². The molecular weight excluding hydrogens is 875 g/mol. The van der Waals surface area contributed by atoms with Crippen molar-refractivity contribution in [1.29, 1.82) is 0 Å². The Labute approximate surface area is 412 Å². The zero-order valence-corrected chi connectivity index (χ0v) is 41.3. The minimum atomic E-state index is -0.431. The highest BCUT2D eigenvalue weighted by atomic mass is 19.1. The van der Waals surface area contributed by atoms with Crippen molar-refractivity contribution in [3.05, 3.63) is 136 Å². The highest BCUT2D eigenvalue weighted by Gasteiger charge is 2.58. The van der Waals surface area contributed by atoms with Gasteiger partial charge >= 0.3 is 0 Å². The number of nitrogens with one attached hydrogen (secondary N) is 2. The second kappa shape index (κ2) is 19.3. The number of fused-ring (bicyclic) bond motifs is 2. The number of anilines is 1. The van der Waals surface area contributed by atoms with E-state index in [4.69, 9.17) is 14.7 Å². The maximum atomic E-state index is 16.9. The molecule has 5 heterocycles. The molecule has 10 heteroatoms. The number of hydrogen-bond donors (Lipinski definition) is 3. The zero-order chi connectivity index (χ0) is 47.5. The van der Waals surface area contributed by atoms with Gasteiger partial charge in [0.05, 0.1) is 46.3 Å². The van der Waals surface area contributed by atoms with Gasteiger partial charge in [-0.15, -0.1) is 0 Å². The molecule has 2 aromatic heterocycles. The number of imidazole rings is 2. The third-order valence-corrected chi connectivity index (χ3v) is 18.4. The molecule has 3 saturated carbocycles. The van der Waals surface area contributed by atoms with Gasteiger partial charge in [-0.1, -0.05) is 67.5 Å². The second-order valence-corrected chi connectivity index (χ2v) is 22.3. The largest absolute Gasteiger partial charge is 0.396 e. The molecule has 3 aliphatic heterocycles. The third-order valence-electron chi connectivity index (χ3n) is 18.4. The summed E-state index contributed by atoms with van der Waals surface area (Å²) in [7, 11) is 0. The van der Waals surface area contributed by atoms with Crippen molar-refractivity contribution in [1.82, 2.24) is 24.8 Å². The number of hydrogen-bond acceptors (Lipinski definition) is 6. The van der Waals surface area contributed by atoms with Crippen molar-refractivity contribution in [2.24, 2.45) is 11.8 Å². The van der Waals surface area contributed by atoms with E-state index in [1.807, 2.05) is 6.07 Å². The van der Waals surface area contributed by atoms with E-state index in [-0.39, 0.29) is 41.8 Å². The van der Waals surface area contributed by atoms with Crippen LogP contribution in [0.2, 0.25) is 0 Å². The van der Waals surface area contributed by atoms with Gasteiger partial charge in [-0.2, -0.15) is 0 Å². The Morgan fingerprint density at radius 1 is 0.743 bits per heavy atom. The van der Waals surface area contributed by atoms with Gasteiger partial charge in [0.2, 0.25) is 0 Å². The highest BCUT2D eigenvalue weighted by molar-refractivity contribution is 5.78. The number of likely N-dealkylation sites (tertiary alicyclic amines) is 1. The van der Waals surface area contributed by atoms with Gasteiger partial charge in [0.1, 0.15) is 23.3 Å². The van der Waals surface area contributed by atoms with Crippen LogP contribution >= 0.6 is 0 Å². The van der Waals surface area contributed by atoms with E-state index in [0.717, 1.165) is 148 Å². The first-order valence-electron chi connectivity index (χ1n) is 27.3. The number of aliphatic hydroxyl groups excluding tert-OH is 1. The number of benzene rings is 4. The molecule has 6 fully saturated rings. The average Bonchev–Trinajstić information content (AvgIpc) is 4.15.